The average Bonchev–Trinajstić information content (AvgIpc) is 2.15. The molecule has 0 saturated heterocycles. The van der Waals surface area contributed by atoms with Gasteiger partial charge < -0.3 is 10.0 Å². The summed E-state index contributed by atoms with van der Waals surface area (Å²) in [4.78, 5) is 0. The molecule has 0 aliphatic rings. The molecular weight excluding hydrogens is 153 g/mol. The van der Waals surface area contributed by atoms with Gasteiger partial charge in [-0.3, -0.25) is 0 Å². The summed E-state index contributed by atoms with van der Waals surface area (Å²) in [7, 11) is -1.85. The number of nitrogens with zero attached hydrogens (tertiary/aromatic N) is 1. The molecule has 3 nitrogen and oxygen atoms in total. The quantitative estimate of drug-likeness (QED) is 0.552. The van der Waals surface area contributed by atoms with Crippen molar-refractivity contribution in [1.82, 2.24) is 0 Å². The zero-order valence-electron chi connectivity index (χ0n) is 9.15. The van der Waals surface area contributed by atoms with Crippen LogP contribution in [0.2, 0.25) is 0 Å². The van der Waals surface area contributed by atoms with Crippen LogP contribution in [0.25, 0.3) is 0 Å². The fourth-order valence-corrected chi connectivity index (χ4v) is 0.851. The molecule has 4 heteroatoms. The van der Waals surface area contributed by atoms with Gasteiger partial charge in [0, 0.05) is 4.11 Å². The molecule has 60 valence electrons. The first kappa shape index (κ1) is 5.36. The third-order valence-electron chi connectivity index (χ3n) is 1.46. The highest BCUT2D eigenvalue weighted by molar-refractivity contribution is 6.59. The van der Waals surface area contributed by atoms with Crippen molar-refractivity contribution in [3.05, 3.63) is 29.3 Å². The molecule has 12 heavy (non-hydrogen) atoms. The van der Waals surface area contributed by atoms with Crippen molar-refractivity contribution >= 4 is 12.6 Å². The van der Waals surface area contributed by atoms with Crippen molar-refractivity contribution in [2.45, 2.75) is 6.85 Å². The molecule has 1 rings (SSSR count). The van der Waals surface area contributed by atoms with E-state index in [2.05, 4.69) is 0 Å². The molecular formula is C8H8BNO2. The first-order valence-electron chi connectivity index (χ1n) is 4.77. The van der Waals surface area contributed by atoms with Gasteiger partial charge in [0.25, 0.3) is 0 Å². The van der Waals surface area contributed by atoms with Crippen LogP contribution < -0.4 is 5.46 Å². The van der Waals surface area contributed by atoms with Crippen molar-refractivity contribution in [3.63, 3.8) is 0 Å². The first-order valence-corrected chi connectivity index (χ1v) is 3.27. The summed E-state index contributed by atoms with van der Waals surface area (Å²) in [6.45, 7) is -2.47. The molecule has 0 fully saturated rings. The summed E-state index contributed by atoms with van der Waals surface area (Å²) in [5, 5.41) is 26.5. The minimum Gasteiger partial charge on any atom is -0.423 e. The number of hydrogen-bond donors (Lipinski definition) is 2. The van der Waals surface area contributed by atoms with Gasteiger partial charge in [0.2, 0.25) is 0 Å². The molecule has 0 heterocycles. The van der Waals surface area contributed by atoms with Gasteiger partial charge in [-0.15, -0.1) is 0 Å². The maximum atomic E-state index is 8.95. The van der Waals surface area contributed by atoms with Crippen LogP contribution >= 0.6 is 0 Å². The molecule has 0 spiro atoms. The van der Waals surface area contributed by atoms with Crippen molar-refractivity contribution < 1.29 is 14.2 Å². The Hall–Kier alpha value is -1.31. The smallest absolute Gasteiger partial charge is 0.423 e. The number of rotatable bonds is 1. The number of benzene rings is 1. The molecule has 0 aromatic heterocycles. The van der Waals surface area contributed by atoms with E-state index in [-0.39, 0.29) is 16.6 Å². The summed E-state index contributed by atoms with van der Waals surface area (Å²) in [5.74, 6) is 0. The van der Waals surface area contributed by atoms with Crippen LogP contribution in [0.3, 0.4) is 0 Å². The Morgan fingerprint density at radius 2 is 2.33 bits per heavy atom. The summed E-state index contributed by atoms with van der Waals surface area (Å²) < 4.78 is 21.5. The highest BCUT2D eigenvalue weighted by atomic mass is 16.4. The van der Waals surface area contributed by atoms with Crippen LogP contribution in [0.4, 0.5) is 0 Å². The number of aryl methyl sites for hydroxylation is 1. The molecule has 0 atom stereocenters. The van der Waals surface area contributed by atoms with E-state index in [9.17, 15) is 0 Å². The minimum absolute atomic E-state index is 0.103. The lowest BCUT2D eigenvalue weighted by molar-refractivity contribution is 0.425. The molecule has 0 amide bonds. The van der Waals surface area contributed by atoms with Gasteiger partial charge in [-0.2, -0.15) is 5.26 Å². The summed E-state index contributed by atoms with van der Waals surface area (Å²) in [6.07, 6.45) is 0. The molecule has 1 aromatic rings. The molecule has 1 aromatic carbocycles. The van der Waals surface area contributed by atoms with Gasteiger partial charge in [0.1, 0.15) is 0 Å². The number of nitriles is 1. The van der Waals surface area contributed by atoms with Crippen molar-refractivity contribution in [2.24, 2.45) is 0 Å². The molecule has 0 unspecified atom stereocenters. The maximum absolute atomic E-state index is 8.95. The lowest BCUT2D eigenvalue weighted by atomic mass is 9.77. The summed E-state index contributed by atoms with van der Waals surface area (Å²) in [5.41, 5.74) is -0.143. The molecule has 0 aliphatic heterocycles. The Morgan fingerprint density at radius 3 is 2.83 bits per heavy atom. The second-order valence-corrected chi connectivity index (χ2v) is 2.29. The zero-order chi connectivity index (χ0) is 11.6. The van der Waals surface area contributed by atoms with E-state index in [0.29, 0.717) is 0 Å². The highest BCUT2D eigenvalue weighted by Crippen LogP contribution is 2.00. The van der Waals surface area contributed by atoms with Gasteiger partial charge in [0.05, 0.1) is 11.6 Å². The van der Waals surface area contributed by atoms with Crippen LogP contribution in [0.1, 0.15) is 15.2 Å². The molecule has 0 radical (unpaired) electrons. The van der Waals surface area contributed by atoms with Gasteiger partial charge in [-0.1, -0.05) is 11.6 Å². The second kappa shape index (κ2) is 3.39. The Balaban J connectivity index is 3.37. The van der Waals surface area contributed by atoms with E-state index in [0.717, 1.165) is 6.07 Å². The van der Waals surface area contributed by atoms with E-state index < -0.39 is 14.0 Å². The SMILES string of the molecule is [2H]C([2H])([2H])c1cc(C#N)ccc1B(O)O. The Bertz CT molecular complexity index is 411. The Labute approximate surface area is 75.2 Å². The third-order valence-corrected chi connectivity index (χ3v) is 1.46. The Kier molecular flexibility index (Phi) is 1.52. The maximum Gasteiger partial charge on any atom is 0.488 e. The topological polar surface area (TPSA) is 64.2 Å². The lowest BCUT2D eigenvalue weighted by Crippen LogP contribution is -2.31. The third kappa shape index (κ3) is 1.64. The lowest BCUT2D eigenvalue weighted by Gasteiger charge is -2.03. The van der Waals surface area contributed by atoms with Crippen molar-refractivity contribution in [1.29, 1.82) is 5.26 Å². The monoisotopic (exact) mass is 164 g/mol. The molecule has 0 bridgehead atoms. The predicted octanol–water partition coefficient (Wildman–Crippen LogP) is -0.454. The average molecular weight is 164 g/mol. The number of hydrogen-bond acceptors (Lipinski definition) is 3. The van der Waals surface area contributed by atoms with E-state index in [1.807, 2.05) is 0 Å². The van der Waals surface area contributed by atoms with Gasteiger partial charge in [-0.05, 0) is 24.4 Å². The standard InChI is InChI=1S/C8H8BNO2/c1-6-4-7(5-10)2-3-8(6)9(11)12/h2-4,11-12H,1H3/i1D3. The van der Waals surface area contributed by atoms with E-state index in [4.69, 9.17) is 19.4 Å². The van der Waals surface area contributed by atoms with Crippen LogP contribution in [0.5, 0.6) is 0 Å². The summed E-state index contributed by atoms with van der Waals surface area (Å²) >= 11 is 0. The zero-order valence-corrected chi connectivity index (χ0v) is 6.15. The van der Waals surface area contributed by atoms with Crippen LogP contribution in [-0.2, 0) is 0 Å². The molecule has 0 aliphatic carbocycles. The van der Waals surface area contributed by atoms with Gasteiger partial charge in [-0.25, -0.2) is 0 Å². The largest absolute Gasteiger partial charge is 0.488 e. The van der Waals surface area contributed by atoms with Crippen molar-refractivity contribution in [3.8, 4) is 6.07 Å². The molecule has 2 N–H and O–H groups in total. The van der Waals surface area contributed by atoms with Crippen LogP contribution in [0, 0.1) is 18.2 Å². The fraction of sp³-hybridized carbons (Fsp3) is 0.125. The van der Waals surface area contributed by atoms with E-state index >= 15 is 0 Å². The van der Waals surface area contributed by atoms with Gasteiger partial charge in [0.15, 0.2) is 0 Å². The predicted molar refractivity (Wildman–Crippen MR) is 45.7 cm³/mol. The highest BCUT2D eigenvalue weighted by Gasteiger charge is 2.13. The normalized spacial score (nSPS) is 13.9. The fourth-order valence-electron chi connectivity index (χ4n) is 0.851. The van der Waals surface area contributed by atoms with Crippen LogP contribution in [-0.4, -0.2) is 17.2 Å². The molecule has 0 saturated carbocycles. The Morgan fingerprint density at radius 1 is 1.58 bits per heavy atom. The summed E-state index contributed by atoms with van der Waals surface area (Å²) in [6, 6.07) is 5.50. The van der Waals surface area contributed by atoms with E-state index in [1.165, 1.54) is 12.1 Å². The van der Waals surface area contributed by atoms with Gasteiger partial charge >= 0.3 is 7.12 Å². The van der Waals surface area contributed by atoms with Crippen LogP contribution in [0.15, 0.2) is 18.2 Å². The van der Waals surface area contributed by atoms with Crippen molar-refractivity contribution in [2.75, 3.05) is 0 Å². The minimum atomic E-state index is -2.47. The second-order valence-electron chi connectivity index (χ2n) is 2.29. The van der Waals surface area contributed by atoms with E-state index in [1.54, 1.807) is 6.07 Å². The first-order chi connectivity index (χ1) is 6.86.